The van der Waals surface area contributed by atoms with E-state index >= 15 is 0 Å². The number of carbonyl (C=O) groups is 2. The second-order valence-corrected chi connectivity index (χ2v) is 8.55. The Morgan fingerprint density at radius 1 is 1.13 bits per heavy atom. The lowest BCUT2D eigenvalue weighted by Gasteiger charge is -2.54. The molecule has 0 spiro atoms. The maximum absolute atomic E-state index is 12.7. The molecule has 0 aromatic carbocycles. The first-order chi connectivity index (χ1) is 10.9. The number of aliphatic hydroxyl groups excluding tert-OH is 1. The maximum Gasteiger partial charge on any atom is 0.228 e. The number of carbonyl (C=O) groups excluding carboxylic acids is 2. The molecule has 0 aromatic rings. The fourth-order valence-electron chi connectivity index (χ4n) is 5.99. The van der Waals surface area contributed by atoms with E-state index in [-0.39, 0.29) is 23.8 Å². The molecule has 1 saturated heterocycles. The molecule has 2 amide bonds. The second kappa shape index (κ2) is 5.47. The molecule has 128 valence electrons. The van der Waals surface area contributed by atoms with Crippen LogP contribution in [0, 0.1) is 35.5 Å². The van der Waals surface area contributed by atoms with Crippen molar-refractivity contribution in [1.82, 2.24) is 10.6 Å². The Hall–Kier alpha value is -1.10. The Balaban J connectivity index is 1.39. The van der Waals surface area contributed by atoms with Crippen LogP contribution in [0.3, 0.4) is 0 Å². The zero-order chi connectivity index (χ0) is 16.3. The number of aliphatic hydroxyl groups is 1. The van der Waals surface area contributed by atoms with E-state index in [9.17, 15) is 14.7 Å². The third kappa shape index (κ3) is 2.48. The van der Waals surface area contributed by atoms with E-state index in [1.165, 1.54) is 32.1 Å². The molecule has 4 bridgehead atoms. The number of nitrogens with one attached hydrogen (secondary N) is 2. The summed E-state index contributed by atoms with van der Waals surface area (Å²) in [7, 11) is 0. The molecular formula is C18H28N2O3. The zero-order valence-corrected chi connectivity index (χ0v) is 14.0. The molecule has 5 rings (SSSR count). The lowest BCUT2D eigenvalue weighted by Crippen LogP contribution is -2.67. The summed E-state index contributed by atoms with van der Waals surface area (Å²) in [5, 5.41) is 15.8. The fourth-order valence-corrected chi connectivity index (χ4v) is 5.99. The zero-order valence-electron chi connectivity index (χ0n) is 14.0. The van der Waals surface area contributed by atoms with Crippen LogP contribution in [0.2, 0.25) is 0 Å². The summed E-state index contributed by atoms with van der Waals surface area (Å²) in [6, 6.07) is 0.0952. The molecule has 5 nitrogen and oxygen atoms in total. The minimum atomic E-state index is -0.704. The van der Waals surface area contributed by atoms with Gasteiger partial charge in [-0.25, -0.2) is 0 Å². The first-order valence-electron chi connectivity index (χ1n) is 9.22. The summed E-state index contributed by atoms with van der Waals surface area (Å²) >= 11 is 0. The maximum atomic E-state index is 12.7. The second-order valence-electron chi connectivity index (χ2n) is 8.55. The van der Waals surface area contributed by atoms with Crippen LogP contribution >= 0.6 is 0 Å². The summed E-state index contributed by atoms with van der Waals surface area (Å²) in [5.41, 5.74) is 0. The summed E-state index contributed by atoms with van der Waals surface area (Å²) in [4.78, 5) is 24.3. The molecule has 0 radical (unpaired) electrons. The Morgan fingerprint density at radius 3 is 2.17 bits per heavy atom. The highest BCUT2D eigenvalue weighted by Gasteiger charge is 2.51. The number of amides is 2. The van der Waals surface area contributed by atoms with Crippen LogP contribution in [-0.2, 0) is 9.59 Å². The van der Waals surface area contributed by atoms with Gasteiger partial charge in [0.15, 0.2) is 0 Å². The van der Waals surface area contributed by atoms with Crippen molar-refractivity contribution < 1.29 is 14.7 Å². The van der Waals surface area contributed by atoms with Crippen molar-refractivity contribution in [3.8, 4) is 0 Å². The first kappa shape index (κ1) is 15.4. The van der Waals surface area contributed by atoms with Crippen molar-refractivity contribution in [3.05, 3.63) is 0 Å². The van der Waals surface area contributed by atoms with Crippen molar-refractivity contribution in [3.63, 3.8) is 0 Å². The molecule has 5 heteroatoms. The Bertz CT molecular complexity index is 490. The number of hydrogen-bond acceptors (Lipinski definition) is 3. The molecule has 0 aromatic heterocycles. The predicted molar refractivity (Wildman–Crippen MR) is 85.2 cm³/mol. The highest BCUT2D eigenvalue weighted by Crippen LogP contribution is 2.53. The Morgan fingerprint density at radius 2 is 1.70 bits per heavy atom. The molecule has 4 saturated carbocycles. The number of hydrogen-bond donors (Lipinski definition) is 3. The van der Waals surface area contributed by atoms with E-state index in [1.807, 2.05) is 6.92 Å². The van der Waals surface area contributed by atoms with Crippen molar-refractivity contribution in [2.75, 3.05) is 0 Å². The van der Waals surface area contributed by atoms with Gasteiger partial charge >= 0.3 is 0 Å². The SMILES string of the molecule is C[C@@H](O)[C@H]1C(=O)N[C@@H]1[C@@H](C)C(=O)NC1C2CC3CC(C2)CC1C3. The van der Waals surface area contributed by atoms with Gasteiger partial charge in [-0.3, -0.25) is 9.59 Å². The lowest BCUT2D eigenvalue weighted by atomic mass is 9.54. The minimum absolute atomic E-state index is 0.0399. The van der Waals surface area contributed by atoms with Gasteiger partial charge in [0.1, 0.15) is 0 Å². The van der Waals surface area contributed by atoms with E-state index in [0.717, 1.165) is 11.8 Å². The molecule has 3 N–H and O–H groups in total. The van der Waals surface area contributed by atoms with Crippen molar-refractivity contribution >= 4 is 11.8 Å². The van der Waals surface area contributed by atoms with Gasteiger partial charge in [0.25, 0.3) is 0 Å². The molecule has 4 atom stereocenters. The standard InChI is InChI=1S/C18H28N2O3/c1-8(15-14(9(2)21)18(23)19-15)17(22)20-16-12-4-10-3-11(6-12)7-13(16)5-10/h8-16,21H,3-7H2,1-2H3,(H,19,23)(H,20,22)/t8-,9-,10?,11?,12?,13?,14-,15-,16?/m1/s1. The predicted octanol–water partition coefficient (Wildman–Crippen LogP) is 1.06. The Labute approximate surface area is 137 Å². The van der Waals surface area contributed by atoms with Gasteiger partial charge in [-0.2, -0.15) is 0 Å². The molecule has 5 aliphatic rings. The van der Waals surface area contributed by atoms with Gasteiger partial charge < -0.3 is 15.7 Å². The third-order valence-corrected chi connectivity index (χ3v) is 7.01. The topological polar surface area (TPSA) is 78.4 Å². The lowest BCUT2D eigenvalue weighted by molar-refractivity contribution is -0.146. The summed E-state index contributed by atoms with van der Waals surface area (Å²) < 4.78 is 0. The normalized spacial score (nSPS) is 46.7. The molecule has 4 aliphatic carbocycles. The van der Waals surface area contributed by atoms with Crippen molar-refractivity contribution in [2.24, 2.45) is 35.5 Å². The summed E-state index contributed by atoms with van der Waals surface area (Å²) in [6.07, 6.45) is 5.83. The number of β-lactam (4-membered cyclic amide) rings is 1. The van der Waals surface area contributed by atoms with E-state index in [0.29, 0.717) is 17.9 Å². The van der Waals surface area contributed by atoms with Crippen molar-refractivity contribution in [1.29, 1.82) is 0 Å². The van der Waals surface area contributed by atoms with Crippen LogP contribution < -0.4 is 10.6 Å². The third-order valence-electron chi connectivity index (χ3n) is 7.01. The van der Waals surface area contributed by atoms with Crippen LogP contribution in [0.4, 0.5) is 0 Å². The molecular weight excluding hydrogens is 292 g/mol. The molecule has 23 heavy (non-hydrogen) atoms. The van der Waals surface area contributed by atoms with Crippen LogP contribution in [-0.4, -0.2) is 35.1 Å². The molecule has 5 fully saturated rings. The largest absolute Gasteiger partial charge is 0.393 e. The molecule has 1 aliphatic heterocycles. The highest BCUT2D eigenvalue weighted by molar-refractivity contribution is 5.90. The molecule has 0 unspecified atom stereocenters. The average Bonchev–Trinajstić information content (AvgIpc) is 2.46. The van der Waals surface area contributed by atoms with Crippen molar-refractivity contribution in [2.45, 2.75) is 64.1 Å². The molecule has 1 heterocycles. The van der Waals surface area contributed by atoms with E-state index in [2.05, 4.69) is 10.6 Å². The van der Waals surface area contributed by atoms with Crippen LogP contribution in [0.15, 0.2) is 0 Å². The van der Waals surface area contributed by atoms with Gasteiger partial charge in [-0.05, 0) is 62.7 Å². The van der Waals surface area contributed by atoms with E-state index in [4.69, 9.17) is 0 Å². The Kier molecular flexibility index (Phi) is 3.67. The quantitative estimate of drug-likeness (QED) is 0.678. The monoisotopic (exact) mass is 320 g/mol. The van der Waals surface area contributed by atoms with Gasteiger partial charge in [0, 0.05) is 6.04 Å². The van der Waals surface area contributed by atoms with Gasteiger partial charge in [0.2, 0.25) is 11.8 Å². The van der Waals surface area contributed by atoms with E-state index in [1.54, 1.807) is 6.92 Å². The van der Waals surface area contributed by atoms with Gasteiger partial charge in [0.05, 0.1) is 24.0 Å². The number of rotatable bonds is 4. The minimum Gasteiger partial charge on any atom is -0.393 e. The van der Waals surface area contributed by atoms with Gasteiger partial charge in [-0.1, -0.05) is 6.92 Å². The fraction of sp³-hybridized carbons (Fsp3) is 0.889. The van der Waals surface area contributed by atoms with Crippen LogP contribution in [0.5, 0.6) is 0 Å². The summed E-state index contributed by atoms with van der Waals surface area (Å²) in [5.74, 6) is 2.27. The van der Waals surface area contributed by atoms with Gasteiger partial charge in [-0.15, -0.1) is 0 Å². The van der Waals surface area contributed by atoms with Crippen LogP contribution in [0.25, 0.3) is 0 Å². The first-order valence-corrected chi connectivity index (χ1v) is 9.22. The highest BCUT2D eigenvalue weighted by atomic mass is 16.3. The van der Waals surface area contributed by atoms with Crippen LogP contribution in [0.1, 0.15) is 46.0 Å². The average molecular weight is 320 g/mol. The van der Waals surface area contributed by atoms with E-state index < -0.39 is 12.0 Å². The summed E-state index contributed by atoms with van der Waals surface area (Å²) in [6.45, 7) is 3.49. The smallest absolute Gasteiger partial charge is 0.228 e.